The van der Waals surface area contributed by atoms with E-state index in [1.165, 1.54) is 0 Å². The molecule has 3 nitrogen and oxygen atoms in total. The van der Waals surface area contributed by atoms with Gasteiger partial charge in [0, 0.05) is 5.69 Å². The number of benzene rings is 2. The van der Waals surface area contributed by atoms with Crippen LogP contribution in [0.2, 0.25) is 0 Å². The lowest BCUT2D eigenvalue weighted by Gasteiger charge is -2.17. The third-order valence-corrected chi connectivity index (χ3v) is 3.05. The predicted molar refractivity (Wildman–Crippen MR) is 71.5 cm³/mol. The van der Waals surface area contributed by atoms with Gasteiger partial charge in [0.05, 0.1) is 0 Å². The molecule has 2 aromatic rings. The summed E-state index contributed by atoms with van der Waals surface area (Å²) in [6.07, 6.45) is 0. The molecule has 0 aromatic heterocycles. The highest BCUT2D eigenvalue weighted by Crippen LogP contribution is 2.30. The largest absolute Gasteiger partial charge is 0.481 e. The number of rotatable bonds is 3. The van der Waals surface area contributed by atoms with Crippen molar-refractivity contribution in [2.75, 3.05) is 5.73 Å². The molecule has 2 aromatic carbocycles. The minimum atomic E-state index is -0.887. The van der Waals surface area contributed by atoms with Gasteiger partial charge in [-0.3, -0.25) is 4.79 Å². The van der Waals surface area contributed by atoms with E-state index in [4.69, 9.17) is 5.73 Å². The highest BCUT2D eigenvalue weighted by atomic mass is 16.4. The maximum Gasteiger partial charge on any atom is 0.315 e. The summed E-state index contributed by atoms with van der Waals surface area (Å²) in [5, 5.41) is 9.47. The second-order valence-corrected chi connectivity index (χ2v) is 4.26. The van der Waals surface area contributed by atoms with E-state index in [-0.39, 0.29) is 0 Å². The number of hydrogen-bond acceptors (Lipinski definition) is 2. The number of para-hydroxylation sites is 1. The number of carboxylic acid groups (broad SMARTS) is 1. The molecule has 0 aliphatic heterocycles. The molecule has 0 heterocycles. The number of carboxylic acids is 1. The van der Waals surface area contributed by atoms with Crippen molar-refractivity contribution in [2.45, 2.75) is 12.8 Å². The number of anilines is 1. The van der Waals surface area contributed by atoms with Gasteiger partial charge in [0.15, 0.2) is 0 Å². The Morgan fingerprint density at radius 2 is 1.61 bits per heavy atom. The average molecular weight is 241 g/mol. The van der Waals surface area contributed by atoms with Crippen LogP contribution in [0.3, 0.4) is 0 Å². The van der Waals surface area contributed by atoms with E-state index in [9.17, 15) is 9.90 Å². The summed E-state index contributed by atoms with van der Waals surface area (Å²) in [7, 11) is 0. The van der Waals surface area contributed by atoms with Crippen LogP contribution >= 0.6 is 0 Å². The minimum absolute atomic E-state index is 0.508. The Kier molecular flexibility index (Phi) is 3.33. The van der Waals surface area contributed by atoms with Crippen LogP contribution in [0.25, 0.3) is 0 Å². The Bertz CT molecular complexity index is 533. The van der Waals surface area contributed by atoms with Crippen molar-refractivity contribution in [3.63, 3.8) is 0 Å². The number of aliphatic carboxylic acids is 1. The lowest BCUT2D eigenvalue weighted by molar-refractivity contribution is -0.137. The maximum atomic E-state index is 11.5. The van der Waals surface area contributed by atoms with Crippen LogP contribution < -0.4 is 5.73 Å². The summed E-state index contributed by atoms with van der Waals surface area (Å²) in [5.74, 6) is -1.60. The van der Waals surface area contributed by atoms with Crippen LogP contribution in [-0.2, 0) is 4.79 Å². The Morgan fingerprint density at radius 1 is 1.06 bits per heavy atom. The van der Waals surface area contributed by atoms with Gasteiger partial charge in [0.25, 0.3) is 0 Å². The molecule has 0 saturated carbocycles. The van der Waals surface area contributed by atoms with Crippen LogP contribution in [0, 0.1) is 6.92 Å². The highest BCUT2D eigenvalue weighted by Gasteiger charge is 2.24. The van der Waals surface area contributed by atoms with Crippen molar-refractivity contribution in [3.8, 4) is 0 Å². The second kappa shape index (κ2) is 4.92. The van der Waals surface area contributed by atoms with Crippen molar-refractivity contribution in [1.29, 1.82) is 0 Å². The molecule has 0 amide bonds. The summed E-state index contributed by atoms with van der Waals surface area (Å²) in [5.41, 5.74) is 8.76. The third-order valence-electron chi connectivity index (χ3n) is 3.05. The first kappa shape index (κ1) is 12.2. The zero-order valence-electron chi connectivity index (χ0n) is 10.1. The molecule has 0 fully saturated rings. The third kappa shape index (κ3) is 2.20. The molecule has 0 aliphatic rings. The number of carbonyl (C=O) groups is 1. The number of nitrogen functional groups attached to an aromatic ring is 1. The van der Waals surface area contributed by atoms with Crippen LogP contribution in [0.1, 0.15) is 22.6 Å². The van der Waals surface area contributed by atoms with Crippen molar-refractivity contribution in [2.24, 2.45) is 0 Å². The summed E-state index contributed by atoms with van der Waals surface area (Å²) in [4.78, 5) is 11.5. The molecule has 0 radical (unpaired) electrons. The fourth-order valence-corrected chi connectivity index (χ4v) is 2.12. The quantitative estimate of drug-likeness (QED) is 0.812. The predicted octanol–water partition coefficient (Wildman–Crippen LogP) is 2.79. The van der Waals surface area contributed by atoms with E-state index in [1.807, 2.05) is 31.2 Å². The van der Waals surface area contributed by atoms with E-state index in [2.05, 4.69) is 0 Å². The average Bonchev–Trinajstić information content (AvgIpc) is 2.34. The molecule has 1 unspecified atom stereocenters. The lowest BCUT2D eigenvalue weighted by Crippen LogP contribution is -2.15. The Morgan fingerprint density at radius 3 is 2.17 bits per heavy atom. The van der Waals surface area contributed by atoms with Gasteiger partial charge in [-0.15, -0.1) is 0 Å². The molecule has 0 saturated heterocycles. The molecule has 3 N–H and O–H groups in total. The summed E-state index contributed by atoms with van der Waals surface area (Å²) in [6.45, 7) is 1.91. The second-order valence-electron chi connectivity index (χ2n) is 4.26. The number of aryl methyl sites for hydroxylation is 1. The van der Waals surface area contributed by atoms with E-state index in [1.54, 1.807) is 24.3 Å². The molecule has 92 valence electrons. The first-order chi connectivity index (χ1) is 8.61. The van der Waals surface area contributed by atoms with Gasteiger partial charge in [-0.05, 0) is 29.7 Å². The topological polar surface area (TPSA) is 63.3 Å². The molecule has 0 spiro atoms. The minimum Gasteiger partial charge on any atom is -0.481 e. The first-order valence-corrected chi connectivity index (χ1v) is 5.74. The van der Waals surface area contributed by atoms with Crippen LogP contribution in [-0.4, -0.2) is 11.1 Å². The van der Waals surface area contributed by atoms with Gasteiger partial charge in [0.1, 0.15) is 5.92 Å². The molecule has 1 atom stereocenters. The molecule has 0 bridgehead atoms. The molecular formula is C15H15NO2. The van der Waals surface area contributed by atoms with Crippen molar-refractivity contribution in [1.82, 2.24) is 0 Å². The van der Waals surface area contributed by atoms with Gasteiger partial charge in [-0.25, -0.2) is 0 Å². The van der Waals surface area contributed by atoms with Crippen molar-refractivity contribution in [3.05, 3.63) is 65.2 Å². The SMILES string of the molecule is Cc1ccccc1C(C(=O)O)c1ccccc1N. The van der Waals surface area contributed by atoms with E-state index in [0.29, 0.717) is 11.3 Å². The number of hydrogen-bond donors (Lipinski definition) is 2. The first-order valence-electron chi connectivity index (χ1n) is 5.74. The van der Waals surface area contributed by atoms with Gasteiger partial charge in [-0.2, -0.15) is 0 Å². The number of nitrogens with two attached hydrogens (primary N) is 1. The zero-order chi connectivity index (χ0) is 13.1. The van der Waals surface area contributed by atoms with Crippen LogP contribution in [0.5, 0.6) is 0 Å². The lowest BCUT2D eigenvalue weighted by atomic mass is 9.88. The Labute approximate surface area is 106 Å². The van der Waals surface area contributed by atoms with E-state index >= 15 is 0 Å². The van der Waals surface area contributed by atoms with Gasteiger partial charge in [-0.1, -0.05) is 42.5 Å². The molecular weight excluding hydrogens is 226 g/mol. The van der Waals surface area contributed by atoms with Crippen molar-refractivity contribution < 1.29 is 9.90 Å². The monoisotopic (exact) mass is 241 g/mol. The fraction of sp³-hybridized carbons (Fsp3) is 0.133. The molecule has 3 heteroatoms. The summed E-state index contributed by atoms with van der Waals surface area (Å²) < 4.78 is 0. The van der Waals surface area contributed by atoms with Crippen LogP contribution in [0.4, 0.5) is 5.69 Å². The van der Waals surface area contributed by atoms with Gasteiger partial charge >= 0.3 is 5.97 Å². The summed E-state index contributed by atoms with van der Waals surface area (Å²) in [6, 6.07) is 14.6. The molecule has 18 heavy (non-hydrogen) atoms. The van der Waals surface area contributed by atoms with Gasteiger partial charge in [0.2, 0.25) is 0 Å². The smallest absolute Gasteiger partial charge is 0.315 e. The zero-order valence-corrected chi connectivity index (χ0v) is 10.1. The normalized spacial score (nSPS) is 12.1. The van der Waals surface area contributed by atoms with Crippen molar-refractivity contribution >= 4 is 11.7 Å². The molecule has 0 aliphatic carbocycles. The van der Waals surface area contributed by atoms with E-state index in [0.717, 1.165) is 11.1 Å². The standard InChI is InChI=1S/C15H15NO2/c1-10-6-2-3-7-11(10)14(15(17)18)12-8-4-5-9-13(12)16/h2-9,14H,16H2,1H3,(H,17,18). The molecule has 2 rings (SSSR count). The Balaban J connectivity index is 2.58. The highest BCUT2D eigenvalue weighted by molar-refractivity contribution is 5.83. The fourth-order valence-electron chi connectivity index (χ4n) is 2.12. The summed E-state index contributed by atoms with van der Waals surface area (Å²) >= 11 is 0. The maximum absolute atomic E-state index is 11.5. The van der Waals surface area contributed by atoms with Crippen LogP contribution in [0.15, 0.2) is 48.5 Å². The van der Waals surface area contributed by atoms with Gasteiger partial charge < -0.3 is 10.8 Å². The Hall–Kier alpha value is -2.29. The van der Waals surface area contributed by atoms with E-state index < -0.39 is 11.9 Å².